The van der Waals surface area contributed by atoms with Crippen LogP contribution in [0.1, 0.15) is 0 Å². The molecule has 0 bridgehead atoms. The van der Waals surface area contributed by atoms with Gasteiger partial charge in [0, 0.05) is 0 Å². The number of hydrogen-bond acceptors (Lipinski definition) is 6. The molecule has 55 heavy (non-hydrogen) atoms. The molecule has 0 radical (unpaired) electrons. The highest BCUT2D eigenvalue weighted by atomic mass is 32.2. The molecule has 3 aromatic carbocycles. The molecule has 3 N–H and O–H groups in total. The average molecular weight is 853 g/mol. The lowest BCUT2D eigenvalue weighted by Gasteiger charge is -2.32. The third-order valence-corrected chi connectivity index (χ3v) is 9.89. The number of benzene rings is 3. The highest BCUT2D eigenvalue weighted by Crippen LogP contribution is 2.53. The lowest BCUT2D eigenvalue weighted by atomic mass is 10.0. The van der Waals surface area contributed by atoms with E-state index < -0.39 is 102 Å². The highest BCUT2D eigenvalue weighted by molar-refractivity contribution is 8.17. The van der Waals surface area contributed by atoms with Gasteiger partial charge < -0.3 is 29.5 Å². The van der Waals surface area contributed by atoms with Gasteiger partial charge in [0.25, 0.3) is 16.8 Å². The second-order valence-electron chi connectivity index (χ2n) is 11.3. The molecule has 6 nitrogen and oxygen atoms in total. The van der Waals surface area contributed by atoms with Gasteiger partial charge in [-0.15, -0.1) is 0 Å². The fourth-order valence-electron chi connectivity index (χ4n) is 4.06. The van der Waals surface area contributed by atoms with Crippen LogP contribution in [0.15, 0.2) is 87.5 Å². The van der Waals surface area contributed by atoms with E-state index in [1.807, 2.05) is 0 Å². The average Bonchev–Trinajstić information content (AvgIpc) is 3.03. The molecule has 0 saturated heterocycles. The molecule has 0 unspecified atom stereocenters. The Bertz CT molecular complexity index is 1470. The van der Waals surface area contributed by atoms with Gasteiger partial charge in [0.1, 0.15) is 37.1 Å². The van der Waals surface area contributed by atoms with Crippen LogP contribution in [0.3, 0.4) is 0 Å². The molecule has 0 heterocycles. The van der Waals surface area contributed by atoms with E-state index in [4.69, 9.17) is 0 Å². The molecular formula is C30H22F18O6S. The maximum Gasteiger partial charge on any atom is 0.429 e. The molecule has 0 spiro atoms. The molecule has 0 aliphatic heterocycles. The summed E-state index contributed by atoms with van der Waals surface area (Å²) in [6.07, 6.45) is -37.4. The summed E-state index contributed by atoms with van der Waals surface area (Å²) < 4.78 is 248. The molecule has 310 valence electrons. The van der Waals surface area contributed by atoms with E-state index in [1.165, 1.54) is 0 Å². The zero-order valence-corrected chi connectivity index (χ0v) is 27.3. The fourth-order valence-corrected chi connectivity index (χ4v) is 6.29. The van der Waals surface area contributed by atoms with Crippen LogP contribution in [0.5, 0.6) is 17.2 Å². The van der Waals surface area contributed by atoms with E-state index in [9.17, 15) is 94.3 Å². The Morgan fingerprint density at radius 2 is 0.491 bits per heavy atom. The summed E-state index contributed by atoms with van der Waals surface area (Å²) in [5.74, 6) is -2.00. The standard InChI is InChI=1S/C30H22F18O6S/c31-25(32,33)22(49,26(34,35)36)13-52-16-1-7-19(8-2-16)55(20-9-3-17(4-10-20)53-14-23(50,27(37,38)39)28(40,41)42)21-11-5-18(6-12-21)54-15-24(51,29(43,44)45)30(46,47)48/h1-12,49-51,55H,13-15H2. The van der Waals surface area contributed by atoms with Crippen molar-refractivity contribution in [2.24, 2.45) is 0 Å². The smallest absolute Gasteiger partial charge is 0.429 e. The van der Waals surface area contributed by atoms with Crippen LogP contribution in [0, 0.1) is 0 Å². The normalized spacial score (nSPS) is 14.5. The molecule has 0 atom stereocenters. The van der Waals surface area contributed by atoms with E-state index in [0.717, 1.165) is 72.8 Å². The van der Waals surface area contributed by atoms with Crippen molar-refractivity contribution >= 4 is 10.9 Å². The summed E-state index contributed by atoms with van der Waals surface area (Å²) in [6.45, 7) is -7.06. The minimum absolute atomic E-state index is 0.0960. The van der Waals surface area contributed by atoms with Crippen LogP contribution < -0.4 is 14.2 Å². The van der Waals surface area contributed by atoms with Crippen molar-refractivity contribution in [2.45, 2.75) is 68.5 Å². The minimum Gasteiger partial charge on any atom is -0.490 e. The summed E-state index contributed by atoms with van der Waals surface area (Å²) in [6, 6.07) is 11.3. The van der Waals surface area contributed by atoms with Gasteiger partial charge in [-0.1, -0.05) is 0 Å². The van der Waals surface area contributed by atoms with Gasteiger partial charge in [-0.2, -0.15) is 89.9 Å². The van der Waals surface area contributed by atoms with Crippen molar-refractivity contribution in [3.8, 4) is 17.2 Å². The van der Waals surface area contributed by atoms with Crippen molar-refractivity contribution in [3.05, 3.63) is 72.8 Å². The minimum atomic E-state index is -6.23. The quantitative estimate of drug-likeness (QED) is 0.108. The number of aliphatic hydroxyl groups is 3. The van der Waals surface area contributed by atoms with Crippen molar-refractivity contribution in [1.29, 1.82) is 0 Å². The first-order chi connectivity index (χ1) is 24.7. The molecule has 0 fully saturated rings. The summed E-state index contributed by atoms with van der Waals surface area (Å²) in [4.78, 5) is 0.288. The number of thiol groups is 1. The van der Waals surface area contributed by atoms with Crippen molar-refractivity contribution in [2.75, 3.05) is 19.8 Å². The second kappa shape index (κ2) is 15.2. The molecule has 3 rings (SSSR count). The van der Waals surface area contributed by atoms with E-state index >= 15 is 0 Å². The van der Waals surface area contributed by atoms with Crippen LogP contribution in [-0.2, 0) is 0 Å². The Morgan fingerprint density at radius 1 is 0.327 bits per heavy atom. The zero-order chi connectivity index (χ0) is 42.3. The fraction of sp³-hybridized carbons (Fsp3) is 0.400. The van der Waals surface area contributed by atoms with Gasteiger partial charge in [-0.05, 0) is 87.5 Å². The van der Waals surface area contributed by atoms with Crippen molar-refractivity contribution in [1.82, 2.24) is 0 Å². The lowest BCUT2D eigenvalue weighted by molar-refractivity contribution is -0.374. The Morgan fingerprint density at radius 3 is 0.636 bits per heavy atom. The molecular weight excluding hydrogens is 830 g/mol. The van der Waals surface area contributed by atoms with Gasteiger partial charge in [0.15, 0.2) is 0 Å². The number of halogens is 18. The Hall–Kier alpha value is -3.97. The predicted molar refractivity (Wildman–Crippen MR) is 151 cm³/mol. The highest BCUT2D eigenvalue weighted by Gasteiger charge is 2.73. The van der Waals surface area contributed by atoms with Crippen molar-refractivity contribution in [3.63, 3.8) is 0 Å². The van der Waals surface area contributed by atoms with Gasteiger partial charge >= 0.3 is 37.1 Å². The molecule has 0 aliphatic carbocycles. The van der Waals surface area contributed by atoms with Crippen LogP contribution >= 0.6 is 10.9 Å². The third-order valence-electron chi connectivity index (χ3n) is 7.44. The summed E-state index contributed by atoms with van der Waals surface area (Å²) in [5, 5.41) is 27.9. The maximum atomic E-state index is 13.0. The van der Waals surface area contributed by atoms with Gasteiger partial charge in [-0.3, -0.25) is 0 Å². The molecule has 25 heteroatoms. The summed E-state index contributed by atoms with van der Waals surface area (Å²) in [5.41, 5.74) is -15.9. The van der Waals surface area contributed by atoms with Crippen molar-refractivity contribution < 1.29 is 109 Å². The first-order valence-corrected chi connectivity index (χ1v) is 15.6. The monoisotopic (exact) mass is 852 g/mol. The molecule has 0 saturated carbocycles. The Labute approximate surface area is 298 Å². The van der Waals surface area contributed by atoms with Crippen LogP contribution in [0.2, 0.25) is 0 Å². The molecule has 0 aromatic heterocycles. The first kappa shape index (κ1) is 45.4. The second-order valence-corrected chi connectivity index (χ2v) is 13.5. The van der Waals surface area contributed by atoms with E-state index in [-0.39, 0.29) is 14.7 Å². The molecule has 0 amide bonds. The maximum absolute atomic E-state index is 13.0. The molecule has 3 aromatic rings. The first-order valence-electron chi connectivity index (χ1n) is 14.2. The van der Waals surface area contributed by atoms with E-state index in [1.54, 1.807) is 0 Å². The number of rotatable bonds is 12. The Kier molecular flexibility index (Phi) is 12.5. The topological polar surface area (TPSA) is 88.4 Å². The van der Waals surface area contributed by atoms with Gasteiger partial charge in [0.05, 0.1) is 0 Å². The Balaban J connectivity index is 1.99. The summed E-state index contributed by atoms with van der Waals surface area (Å²) >= 11 is 0. The number of hydrogen-bond donors (Lipinski definition) is 4. The molecule has 0 aliphatic rings. The van der Waals surface area contributed by atoms with Gasteiger partial charge in [-0.25, -0.2) is 0 Å². The number of alkyl halides is 18. The van der Waals surface area contributed by atoms with E-state index in [2.05, 4.69) is 14.2 Å². The third kappa shape index (κ3) is 9.53. The van der Waals surface area contributed by atoms with Crippen LogP contribution in [0.25, 0.3) is 0 Å². The SMILES string of the molecule is OC(COc1ccc([SH](c2ccc(OCC(O)(C(F)(F)F)C(F)(F)F)cc2)c2ccc(OCC(O)(C(F)(F)F)C(F)(F)F)cc2)cc1)(C(F)(F)F)C(F)(F)F. The van der Waals surface area contributed by atoms with Crippen LogP contribution in [0.4, 0.5) is 79.0 Å². The zero-order valence-electron chi connectivity index (χ0n) is 26.4. The predicted octanol–water partition coefficient (Wildman–Crippen LogP) is 8.87. The van der Waals surface area contributed by atoms with Crippen LogP contribution in [-0.4, -0.2) is 89.0 Å². The summed E-state index contributed by atoms with van der Waals surface area (Å²) in [7, 11) is -2.08. The van der Waals surface area contributed by atoms with E-state index in [0.29, 0.717) is 0 Å². The number of ether oxygens (including phenoxy) is 3. The largest absolute Gasteiger partial charge is 0.490 e. The van der Waals surface area contributed by atoms with Gasteiger partial charge in [0.2, 0.25) is 0 Å². The lowest BCUT2D eigenvalue weighted by Crippen LogP contribution is -2.60.